The summed E-state index contributed by atoms with van der Waals surface area (Å²) in [6.45, 7) is 8.90. The third-order valence-electron chi connectivity index (χ3n) is 4.80. The fraction of sp³-hybridized carbons (Fsp3) is 0.800. The molecule has 1 saturated heterocycles. The Labute approximate surface area is 132 Å². The van der Waals surface area contributed by atoms with Crippen LogP contribution in [-0.2, 0) is 6.54 Å². The second-order valence-electron chi connectivity index (χ2n) is 6.12. The van der Waals surface area contributed by atoms with Crippen molar-refractivity contribution in [3.8, 4) is 0 Å². The minimum atomic E-state index is 0. The molecule has 0 unspecified atom stereocenters. The normalized spacial score (nSPS) is 22.7. The van der Waals surface area contributed by atoms with Gasteiger partial charge in [-0.1, -0.05) is 19.3 Å². The summed E-state index contributed by atoms with van der Waals surface area (Å²) in [5, 5.41) is 4.84. The highest BCUT2D eigenvalue weighted by Gasteiger charge is 2.39. The molecule has 3 nitrogen and oxygen atoms in total. The molecule has 5 heteroatoms. The summed E-state index contributed by atoms with van der Waals surface area (Å²) in [6.07, 6.45) is 6.97. The van der Waals surface area contributed by atoms with Gasteiger partial charge in [-0.15, -0.1) is 23.7 Å². The quantitative estimate of drug-likeness (QED) is 0.907. The molecule has 0 atom stereocenters. The maximum Gasteiger partial charge on any atom is 0.0900 e. The van der Waals surface area contributed by atoms with Gasteiger partial charge in [0, 0.05) is 36.6 Å². The molecule has 1 aromatic rings. The predicted molar refractivity (Wildman–Crippen MR) is 87.9 cm³/mol. The van der Waals surface area contributed by atoms with Crippen LogP contribution in [0.3, 0.4) is 0 Å². The van der Waals surface area contributed by atoms with E-state index in [1.807, 2.05) is 11.3 Å². The maximum atomic E-state index is 4.59. The first-order valence-electron chi connectivity index (χ1n) is 7.58. The molecule has 0 aromatic carbocycles. The van der Waals surface area contributed by atoms with E-state index in [-0.39, 0.29) is 12.4 Å². The average Bonchev–Trinajstić information content (AvgIpc) is 2.72. The van der Waals surface area contributed by atoms with Crippen molar-refractivity contribution in [1.82, 2.24) is 15.2 Å². The van der Waals surface area contributed by atoms with Gasteiger partial charge in [-0.3, -0.25) is 4.90 Å². The summed E-state index contributed by atoms with van der Waals surface area (Å²) in [6, 6.07) is 0. The predicted octanol–water partition coefficient (Wildman–Crippen LogP) is 3.29. The summed E-state index contributed by atoms with van der Waals surface area (Å²) in [4.78, 5) is 8.82. The van der Waals surface area contributed by atoms with Gasteiger partial charge < -0.3 is 5.32 Å². The molecule has 1 aliphatic carbocycles. The van der Waals surface area contributed by atoms with E-state index in [9.17, 15) is 0 Å². The van der Waals surface area contributed by atoms with Gasteiger partial charge in [-0.25, -0.2) is 4.98 Å². The smallest absolute Gasteiger partial charge is 0.0900 e. The molecule has 1 saturated carbocycles. The fourth-order valence-electron chi connectivity index (χ4n) is 3.73. The third-order valence-corrected chi connectivity index (χ3v) is 5.86. The lowest BCUT2D eigenvalue weighted by atomic mass is 9.79. The van der Waals surface area contributed by atoms with Gasteiger partial charge in [0.2, 0.25) is 0 Å². The summed E-state index contributed by atoms with van der Waals surface area (Å²) >= 11 is 1.88. The molecule has 3 rings (SSSR count). The Hall–Kier alpha value is -0.160. The molecule has 1 aliphatic heterocycles. The second kappa shape index (κ2) is 6.73. The molecule has 2 heterocycles. The number of aromatic nitrogens is 1. The van der Waals surface area contributed by atoms with Crippen molar-refractivity contribution >= 4 is 23.7 Å². The summed E-state index contributed by atoms with van der Waals surface area (Å²) < 4.78 is 0. The Bertz CT molecular complexity index is 432. The van der Waals surface area contributed by atoms with Crippen LogP contribution in [0.5, 0.6) is 0 Å². The second-order valence-corrected chi connectivity index (χ2v) is 7.41. The number of halogens is 1. The Kier molecular flexibility index (Phi) is 5.46. The average molecular weight is 316 g/mol. The number of rotatable bonds is 2. The standard InChI is InChI=1S/C15H25N3S.ClH/c1-12-14(19-13(2)17-12)10-18-9-8-16-11-15(18)6-4-3-5-7-15;/h16H,3-11H2,1-2H3;1H. The SMILES string of the molecule is Cc1nc(C)c(CN2CCNCC23CCCCC3)s1.Cl. The molecule has 0 amide bonds. The summed E-state index contributed by atoms with van der Waals surface area (Å²) in [5.74, 6) is 0. The van der Waals surface area contributed by atoms with E-state index < -0.39 is 0 Å². The molecule has 0 bridgehead atoms. The summed E-state index contributed by atoms with van der Waals surface area (Å²) in [5.41, 5.74) is 1.67. The zero-order valence-corrected chi connectivity index (χ0v) is 14.2. The zero-order valence-electron chi connectivity index (χ0n) is 12.6. The Balaban J connectivity index is 0.00000147. The van der Waals surface area contributed by atoms with Crippen LogP contribution in [0.25, 0.3) is 0 Å². The van der Waals surface area contributed by atoms with Crippen LogP contribution in [0.2, 0.25) is 0 Å². The highest BCUT2D eigenvalue weighted by Crippen LogP contribution is 2.36. The van der Waals surface area contributed by atoms with E-state index in [2.05, 4.69) is 29.0 Å². The topological polar surface area (TPSA) is 28.2 Å². The molecule has 114 valence electrons. The van der Waals surface area contributed by atoms with Gasteiger partial charge in [0.1, 0.15) is 0 Å². The number of aryl methyl sites for hydroxylation is 2. The minimum absolute atomic E-state index is 0. The molecule has 1 spiro atoms. The van der Waals surface area contributed by atoms with Crippen molar-refractivity contribution in [3.63, 3.8) is 0 Å². The van der Waals surface area contributed by atoms with E-state index >= 15 is 0 Å². The van der Waals surface area contributed by atoms with Gasteiger partial charge in [0.25, 0.3) is 0 Å². The molecule has 1 N–H and O–H groups in total. The maximum absolute atomic E-state index is 4.59. The monoisotopic (exact) mass is 315 g/mol. The number of piperazine rings is 1. The van der Waals surface area contributed by atoms with Crippen LogP contribution in [0.4, 0.5) is 0 Å². The van der Waals surface area contributed by atoms with Crippen LogP contribution in [0.15, 0.2) is 0 Å². The van der Waals surface area contributed by atoms with Crippen LogP contribution >= 0.6 is 23.7 Å². The number of hydrogen-bond acceptors (Lipinski definition) is 4. The van der Waals surface area contributed by atoms with Crippen molar-refractivity contribution < 1.29 is 0 Å². The van der Waals surface area contributed by atoms with Gasteiger partial charge in [0.05, 0.1) is 10.7 Å². The highest BCUT2D eigenvalue weighted by atomic mass is 35.5. The van der Waals surface area contributed by atoms with Crippen molar-refractivity contribution in [3.05, 3.63) is 15.6 Å². The minimum Gasteiger partial charge on any atom is -0.314 e. The first-order valence-corrected chi connectivity index (χ1v) is 8.40. The Morgan fingerprint density at radius 2 is 2.00 bits per heavy atom. The van der Waals surface area contributed by atoms with E-state index in [0.717, 1.165) is 13.1 Å². The van der Waals surface area contributed by atoms with Crippen molar-refractivity contribution in [2.45, 2.75) is 58.0 Å². The van der Waals surface area contributed by atoms with Crippen molar-refractivity contribution in [2.75, 3.05) is 19.6 Å². The van der Waals surface area contributed by atoms with Crippen LogP contribution < -0.4 is 5.32 Å². The Morgan fingerprint density at radius 1 is 1.25 bits per heavy atom. The molecule has 20 heavy (non-hydrogen) atoms. The van der Waals surface area contributed by atoms with E-state index in [1.165, 1.54) is 60.8 Å². The fourth-order valence-corrected chi connectivity index (χ4v) is 4.68. The van der Waals surface area contributed by atoms with Crippen LogP contribution in [-0.4, -0.2) is 35.1 Å². The van der Waals surface area contributed by atoms with Crippen molar-refractivity contribution in [2.24, 2.45) is 0 Å². The van der Waals surface area contributed by atoms with Crippen LogP contribution in [0.1, 0.15) is 47.7 Å². The van der Waals surface area contributed by atoms with E-state index in [1.54, 1.807) is 0 Å². The lowest BCUT2D eigenvalue weighted by Gasteiger charge is -2.49. The lowest BCUT2D eigenvalue weighted by Crippen LogP contribution is -2.61. The number of thiazole rings is 1. The van der Waals surface area contributed by atoms with Crippen molar-refractivity contribution in [1.29, 1.82) is 0 Å². The number of nitrogens with one attached hydrogen (secondary N) is 1. The van der Waals surface area contributed by atoms with Gasteiger partial charge in [0.15, 0.2) is 0 Å². The van der Waals surface area contributed by atoms with E-state index in [4.69, 9.17) is 0 Å². The van der Waals surface area contributed by atoms with Crippen LogP contribution in [0, 0.1) is 13.8 Å². The first kappa shape index (κ1) is 16.2. The molecule has 2 aliphatic rings. The molecule has 0 radical (unpaired) electrons. The van der Waals surface area contributed by atoms with E-state index in [0.29, 0.717) is 5.54 Å². The largest absolute Gasteiger partial charge is 0.314 e. The first-order chi connectivity index (χ1) is 9.20. The number of nitrogens with zero attached hydrogens (tertiary/aromatic N) is 2. The summed E-state index contributed by atoms with van der Waals surface area (Å²) in [7, 11) is 0. The van der Waals surface area contributed by atoms with Gasteiger partial charge in [-0.05, 0) is 26.7 Å². The highest BCUT2D eigenvalue weighted by molar-refractivity contribution is 7.11. The molecular weight excluding hydrogens is 290 g/mol. The third kappa shape index (κ3) is 3.19. The Morgan fingerprint density at radius 3 is 2.65 bits per heavy atom. The van der Waals surface area contributed by atoms with Gasteiger partial charge >= 0.3 is 0 Å². The zero-order chi connectivity index (χ0) is 13.3. The van der Waals surface area contributed by atoms with Gasteiger partial charge in [-0.2, -0.15) is 0 Å². The lowest BCUT2D eigenvalue weighted by molar-refractivity contribution is 0.0215. The molecule has 2 fully saturated rings. The molecule has 1 aromatic heterocycles. The molecular formula is C15H26ClN3S. The number of hydrogen-bond donors (Lipinski definition) is 1.